The van der Waals surface area contributed by atoms with Gasteiger partial charge in [0.05, 0.1) is 6.61 Å². The van der Waals surface area contributed by atoms with Crippen molar-refractivity contribution in [1.29, 1.82) is 0 Å². The van der Waals surface area contributed by atoms with E-state index in [0.717, 1.165) is 29.5 Å². The Hall–Kier alpha value is -2.93. The molecule has 7 nitrogen and oxygen atoms in total. The predicted molar refractivity (Wildman–Crippen MR) is 93.8 cm³/mol. The summed E-state index contributed by atoms with van der Waals surface area (Å²) in [5.74, 6) is 1.34. The number of carbonyl (C=O) groups excluding carboxylic acids is 1. The van der Waals surface area contributed by atoms with Gasteiger partial charge in [0.2, 0.25) is 0 Å². The average molecular weight is 353 g/mol. The lowest BCUT2D eigenvalue weighted by Crippen LogP contribution is -2.29. The van der Waals surface area contributed by atoms with E-state index in [1.165, 1.54) is 0 Å². The van der Waals surface area contributed by atoms with Crippen LogP contribution >= 0.6 is 0 Å². The van der Waals surface area contributed by atoms with Gasteiger partial charge in [-0.2, -0.15) is 0 Å². The van der Waals surface area contributed by atoms with Crippen molar-refractivity contribution in [3.8, 4) is 5.75 Å². The van der Waals surface area contributed by atoms with Crippen molar-refractivity contribution in [3.05, 3.63) is 54.2 Å². The summed E-state index contributed by atoms with van der Waals surface area (Å²) in [4.78, 5) is 16.2. The zero-order chi connectivity index (χ0) is 17.8. The van der Waals surface area contributed by atoms with Gasteiger partial charge in [-0.1, -0.05) is 17.3 Å². The van der Waals surface area contributed by atoms with Crippen LogP contribution in [0.25, 0.3) is 10.8 Å². The molecule has 0 unspecified atom stereocenters. The van der Waals surface area contributed by atoms with Gasteiger partial charge in [-0.25, -0.2) is 0 Å². The van der Waals surface area contributed by atoms with Crippen molar-refractivity contribution < 1.29 is 18.8 Å². The third-order valence-corrected chi connectivity index (χ3v) is 4.38. The van der Waals surface area contributed by atoms with E-state index in [1.54, 1.807) is 18.5 Å². The SMILES string of the molecule is O=C(NC[C@H]1CCOC1)c1cc(COc2cccc3cnccc23)on1. The maximum absolute atomic E-state index is 12.1. The first-order valence-corrected chi connectivity index (χ1v) is 8.56. The molecule has 0 bridgehead atoms. The van der Waals surface area contributed by atoms with Crippen LogP contribution in [0.4, 0.5) is 0 Å². The summed E-state index contributed by atoms with van der Waals surface area (Å²) in [5, 5.41) is 8.66. The van der Waals surface area contributed by atoms with E-state index < -0.39 is 0 Å². The molecule has 1 fully saturated rings. The van der Waals surface area contributed by atoms with E-state index in [1.807, 2.05) is 24.3 Å². The van der Waals surface area contributed by atoms with E-state index in [9.17, 15) is 4.79 Å². The predicted octanol–water partition coefficient (Wildman–Crippen LogP) is 2.57. The quantitative estimate of drug-likeness (QED) is 0.733. The maximum Gasteiger partial charge on any atom is 0.273 e. The molecule has 2 aromatic heterocycles. The van der Waals surface area contributed by atoms with Crippen molar-refractivity contribution in [2.75, 3.05) is 19.8 Å². The molecule has 1 aliphatic rings. The molecule has 1 amide bonds. The number of hydrogen-bond acceptors (Lipinski definition) is 6. The van der Waals surface area contributed by atoms with E-state index in [4.69, 9.17) is 14.0 Å². The Labute approximate surface area is 150 Å². The smallest absolute Gasteiger partial charge is 0.273 e. The van der Waals surface area contributed by atoms with Crippen molar-refractivity contribution in [3.63, 3.8) is 0 Å². The monoisotopic (exact) mass is 353 g/mol. The first-order valence-electron chi connectivity index (χ1n) is 8.56. The zero-order valence-corrected chi connectivity index (χ0v) is 14.2. The largest absolute Gasteiger partial charge is 0.485 e. The van der Waals surface area contributed by atoms with Crippen LogP contribution in [0.5, 0.6) is 5.75 Å². The van der Waals surface area contributed by atoms with Gasteiger partial charge in [-0.05, 0) is 18.6 Å². The molecule has 1 saturated heterocycles. The summed E-state index contributed by atoms with van der Waals surface area (Å²) >= 11 is 0. The fourth-order valence-corrected chi connectivity index (χ4v) is 2.93. The molecule has 4 rings (SSSR count). The number of rotatable bonds is 6. The molecule has 3 aromatic rings. The number of nitrogens with zero attached hydrogens (tertiary/aromatic N) is 2. The third kappa shape index (κ3) is 3.67. The highest BCUT2D eigenvalue weighted by molar-refractivity contribution is 5.92. The Morgan fingerprint density at radius 2 is 2.31 bits per heavy atom. The summed E-state index contributed by atoms with van der Waals surface area (Å²) in [5.41, 5.74) is 0.254. The van der Waals surface area contributed by atoms with Crippen LogP contribution in [-0.2, 0) is 11.3 Å². The van der Waals surface area contributed by atoms with Gasteiger partial charge in [0, 0.05) is 48.3 Å². The van der Waals surface area contributed by atoms with Gasteiger partial charge in [-0.15, -0.1) is 0 Å². The van der Waals surface area contributed by atoms with Crippen LogP contribution < -0.4 is 10.1 Å². The minimum atomic E-state index is -0.247. The lowest BCUT2D eigenvalue weighted by atomic mass is 10.1. The van der Waals surface area contributed by atoms with Gasteiger partial charge >= 0.3 is 0 Å². The minimum absolute atomic E-state index is 0.193. The Kier molecular flexibility index (Phi) is 4.79. The summed E-state index contributed by atoms with van der Waals surface area (Å²) in [6.45, 7) is 2.23. The number of amides is 1. The fourth-order valence-electron chi connectivity index (χ4n) is 2.93. The summed E-state index contributed by atoms with van der Waals surface area (Å²) in [6, 6.07) is 9.27. The average Bonchev–Trinajstić information content (AvgIpc) is 3.36. The molecular weight excluding hydrogens is 334 g/mol. The van der Waals surface area contributed by atoms with Crippen molar-refractivity contribution in [2.24, 2.45) is 5.92 Å². The molecule has 1 atom stereocenters. The molecule has 1 N–H and O–H groups in total. The Morgan fingerprint density at radius 3 is 3.19 bits per heavy atom. The van der Waals surface area contributed by atoms with E-state index in [-0.39, 0.29) is 18.2 Å². The maximum atomic E-state index is 12.1. The number of pyridine rings is 1. The van der Waals surface area contributed by atoms with Crippen LogP contribution in [0.15, 0.2) is 47.2 Å². The number of benzene rings is 1. The first-order chi connectivity index (χ1) is 12.8. The molecule has 0 radical (unpaired) electrons. The highest BCUT2D eigenvalue weighted by atomic mass is 16.5. The number of aromatic nitrogens is 2. The van der Waals surface area contributed by atoms with Crippen LogP contribution in [0, 0.1) is 5.92 Å². The zero-order valence-electron chi connectivity index (χ0n) is 14.2. The second-order valence-corrected chi connectivity index (χ2v) is 6.26. The second-order valence-electron chi connectivity index (χ2n) is 6.26. The first kappa shape index (κ1) is 16.5. The minimum Gasteiger partial charge on any atom is -0.485 e. The van der Waals surface area contributed by atoms with Gasteiger partial charge in [0.25, 0.3) is 5.91 Å². The number of nitrogens with one attached hydrogen (secondary N) is 1. The molecule has 1 aliphatic heterocycles. The van der Waals surface area contributed by atoms with Crippen molar-refractivity contribution in [2.45, 2.75) is 13.0 Å². The van der Waals surface area contributed by atoms with Gasteiger partial charge < -0.3 is 19.3 Å². The van der Waals surface area contributed by atoms with Crippen LogP contribution in [0.1, 0.15) is 22.7 Å². The molecule has 3 heterocycles. The lowest BCUT2D eigenvalue weighted by molar-refractivity contribution is 0.0935. The highest BCUT2D eigenvalue weighted by Gasteiger charge is 2.18. The molecule has 0 saturated carbocycles. The molecule has 26 heavy (non-hydrogen) atoms. The highest BCUT2D eigenvalue weighted by Crippen LogP contribution is 2.25. The molecule has 0 aliphatic carbocycles. The topological polar surface area (TPSA) is 86.5 Å². The number of hydrogen-bond donors (Lipinski definition) is 1. The second kappa shape index (κ2) is 7.53. The van der Waals surface area contributed by atoms with E-state index >= 15 is 0 Å². The van der Waals surface area contributed by atoms with Crippen molar-refractivity contribution in [1.82, 2.24) is 15.5 Å². The van der Waals surface area contributed by atoms with Gasteiger partial charge in [0.15, 0.2) is 11.5 Å². The summed E-state index contributed by atoms with van der Waals surface area (Å²) in [7, 11) is 0. The van der Waals surface area contributed by atoms with Gasteiger partial charge in [0.1, 0.15) is 12.4 Å². The van der Waals surface area contributed by atoms with E-state index in [2.05, 4.69) is 15.5 Å². The Balaban J connectivity index is 1.36. The van der Waals surface area contributed by atoms with Crippen LogP contribution in [-0.4, -0.2) is 35.8 Å². The van der Waals surface area contributed by atoms with Crippen molar-refractivity contribution >= 4 is 16.7 Å². The Bertz CT molecular complexity index is 897. The lowest BCUT2D eigenvalue weighted by Gasteiger charge is -2.07. The molecule has 1 aromatic carbocycles. The molecular formula is C19H19N3O4. The molecule has 0 spiro atoms. The summed E-state index contributed by atoms with van der Waals surface area (Å²) in [6.07, 6.45) is 4.48. The number of ether oxygens (including phenoxy) is 2. The fraction of sp³-hybridized carbons (Fsp3) is 0.316. The normalized spacial score (nSPS) is 16.7. The summed E-state index contributed by atoms with van der Waals surface area (Å²) < 4.78 is 16.3. The third-order valence-electron chi connectivity index (χ3n) is 4.38. The van der Waals surface area contributed by atoms with Gasteiger partial charge in [-0.3, -0.25) is 9.78 Å². The van der Waals surface area contributed by atoms with Crippen LogP contribution in [0.2, 0.25) is 0 Å². The molecule has 134 valence electrons. The number of carbonyl (C=O) groups is 1. The standard InChI is InChI=1S/C19H19N3O4/c23-19(21-9-13-5-7-24-11-13)17-8-15(26-22-17)12-25-18-3-1-2-14-10-20-6-4-16(14)18/h1-4,6,8,10,13H,5,7,9,11-12H2,(H,21,23)/t13-/m1/s1. The van der Waals surface area contributed by atoms with Crippen LogP contribution in [0.3, 0.4) is 0 Å². The molecule has 7 heteroatoms. The number of fused-ring (bicyclic) bond motifs is 1. The Morgan fingerprint density at radius 1 is 1.35 bits per heavy atom. The van der Waals surface area contributed by atoms with E-state index in [0.29, 0.717) is 24.8 Å².